The lowest BCUT2D eigenvalue weighted by Crippen LogP contribution is -2.54. The Kier molecular flexibility index (Phi) is 8.75. The Hall–Kier alpha value is -0.0800. The second-order valence-corrected chi connectivity index (χ2v) is 7.89. The van der Waals surface area contributed by atoms with E-state index in [1.165, 1.54) is 64.5 Å². The third kappa shape index (κ3) is 5.45. The van der Waals surface area contributed by atoms with Crippen LogP contribution < -0.4 is 5.32 Å². The minimum atomic E-state index is -0.195. The molecule has 0 radical (unpaired) electrons. The largest absolute Gasteiger partial charge is 0.391 e. The van der Waals surface area contributed by atoms with Gasteiger partial charge in [-0.1, -0.05) is 25.7 Å². The number of β-amino-alcohol motifs (C(OH)–C–C–N with tert-alkyl or cyclic N) is 1. The molecule has 1 saturated carbocycles. The van der Waals surface area contributed by atoms with Crippen LogP contribution in [-0.2, 0) is 0 Å². The quantitative estimate of drug-likeness (QED) is 0.382. The number of piperidine rings is 1. The molecule has 0 aromatic carbocycles. The third-order valence-electron chi connectivity index (χ3n) is 6.13. The van der Waals surface area contributed by atoms with Crippen molar-refractivity contribution in [3.8, 4) is 0 Å². The molecular formula is C19H37IN4O. The highest BCUT2D eigenvalue weighted by molar-refractivity contribution is 14.0. The molecule has 0 bridgehead atoms. The first-order valence-electron chi connectivity index (χ1n) is 10.2. The summed E-state index contributed by atoms with van der Waals surface area (Å²) < 4.78 is 0. The molecule has 2 heterocycles. The summed E-state index contributed by atoms with van der Waals surface area (Å²) in [4.78, 5) is 10.1. The van der Waals surface area contributed by atoms with Gasteiger partial charge in [0.25, 0.3) is 0 Å². The molecule has 3 aliphatic rings. The molecule has 6 heteroatoms. The summed E-state index contributed by atoms with van der Waals surface area (Å²) in [6.45, 7) is 8.10. The molecule has 2 aliphatic heterocycles. The molecule has 3 rings (SSSR count). The maximum absolute atomic E-state index is 9.86. The van der Waals surface area contributed by atoms with Gasteiger partial charge in [-0.15, -0.1) is 24.0 Å². The number of nitrogens with one attached hydrogen (secondary N) is 1. The number of aliphatic imine (C=N–C) groups is 1. The van der Waals surface area contributed by atoms with E-state index in [-0.39, 0.29) is 35.6 Å². The smallest absolute Gasteiger partial charge is 0.194 e. The van der Waals surface area contributed by atoms with Gasteiger partial charge in [0.2, 0.25) is 0 Å². The second kappa shape index (κ2) is 10.3. The molecule has 25 heavy (non-hydrogen) atoms. The van der Waals surface area contributed by atoms with E-state index in [2.05, 4.69) is 22.0 Å². The Labute approximate surface area is 170 Å². The van der Waals surface area contributed by atoms with Crippen molar-refractivity contribution in [1.29, 1.82) is 0 Å². The maximum Gasteiger partial charge on any atom is 0.194 e. The van der Waals surface area contributed by atoms with Crippen LogP contribution in [0.5, 0.6) is 0 Å². The lowest BCUT2D eigenvalue weighted by Gasteiger charge is -2.47. The molecule has 0 amide bonds. The SMILES string of the molecule is CCNC(=NCC1(N2CCCCC2)CCCCC1)N1CC[C@@H](O)C1.I. The minimum absolute atomic E-state index is 0. The zero-order valence-electron chi connectivity index (χ0n) is 15.9. The van der Waals surface area contributed by atoms with Crippen molar-refractivity contribution in [2.24, 2.45) is 4.99 Å². The monoisotopic (exact) mass is 464 g/mol. The summed E-state index contributed by atoms with van der Waals surface area (Å²) in [5.41, 5.74) is 0.289. The molecule has 2 N–H and O–H groups in total. The number of likely N-dealkylation sites (tertiary alicyclic amines) is 2. The molecule has 146 valence electrons. The molecule has 1 aliphatic carbocycles. The van der Waals surface area contributed by atoms with E-state index in [0.717, 1.165) is 38.6 Å². The van der Waals surface area contributed by atoms with Crippen LogP contribution in [0.25, 0.3) is 0 Å². The highest BCUT2D eigenvalue weighted by Gasteiger charge is 2.38. The van der Waals surface area contributed by atoms with Crippen molar-refractivity contribution in [2.75, 3.05) is 39.3 Å². The fraction of sp³-hybridized carbons (Fsp3) is 0.947. The topological polar surface area (TPSA) is 51.1 Å². The Bertz CT molecular complexity index is 420. The van der Waals surface area contributed by atoms with E-state index in [1.807, 2.05) is 0 Å². The van der Waals surface area contributed by atoms with Crippen molar-refractivity contribution < 1.29 is 5.11 Å². The predicted octanol–water partition coefficient (Wildman–Crippen LogP) is 2.83. The van der Waals surface area contributed by atoms with Gasteiger partial charge < -0.3 is 15.3 Å². The Morgan fingerprint density at radius 2 is 1.76 bits per heavy atom. The average molecular weight is 464 g/mol. The van der Waals surface area contributed by atoms with Gasteiger partial charge in [-0.3, -0.25) is 9.89 Å². The normalized spacial score (nSPS) is 27.8. The van der Waals surface area contributed by atoms with E-state index in [0.29, 0.717) is 0 Å². The van der Waals surface area contributed by atoms with Crippen molar-refractivity contribution in [2.45, 2.75) is 76.4 Å². The van der Waals surface area contributed by atoms with Gasteiger partial charge in [-0.2, -0.15) is 0 Å². The fourth-order valence-corrected chi connectivity index (χ4v) is 4.73. The van der Waals surface area contributed by atoms with Crippen LogP contribution in [0.4, 0.5) is 0 Å². The summed E-state index contributed by atoms with van der Waals surface area (Å²) >= 11 is 0. The number of rotatable bonds is 4. The van der Waals surface area contributed by atoms with Crippen LogP contribution in [0.15, 0.2) is 4.99 Å². The number of aliphatic hydroxyl groups excluding tert-OH is 1. The lowest BCUT2D eigenvalue weighted by molar-refractivity contribution is 0.0405. The van der Waals surface area contributed by atoms with E-state index < -0.39 is 0 Å². The van der Waals surface area contributed by atoms with E-state index in [9.17, 15) is 5.11 Å². The summed E-state index contributed by atoms with van der Waals surface area (Å²) in [6.07, 6.45) is 11.5. The number of halogens is 1. The molecule has 1 atom stereocenters. The maximum atomic E-state index is 9.86. The van der Waals surface area contributed by atoms with Crippen LogP contribution in [0.1, 0.15) is 64.7 Å². The first-order chi connectivity index (χ1) is 11.7. The molecule has 5 nitrogen and oxygen atoms in total. The first-order valence-corrected chi connectivity index (χ1v) is 10.2. The Morgan fingerprint density at radius 3 is 2.36 bits per heavy atom. The minimum Gasteiger partial charge on any atom is -0.391 e. The molecule has 0 aromatic heterocycles. The van der Waals surface area contributed by atoms with Crippen molar-refractivity contribution in [3.63, 3.8) is 0 Å². The zero-order valence-corrected chi connectivity index (χ0v) is 18.2. The van der Waals surface area contributed by atoms with Crippen LogP contribution in [0.2, 0.25) is 0 Å². The standard InChI is InChI=1S/C19H36N4O.HI/c1-2-20-18(22-14-9-17(24)15-22)21-16-19(10-5-3-6-11-19)23-12-7-4-8-13-23;/h17,24H,2-16H2,1H3,(H,20,21);1H/t17-;/m1./s1. The number of guanidine groups is 1. The summed E-state index contributed by atoms with van der Waals surface area (Å²) in [6, 6.07) is 0. The number of aliphatic hydroxyl groups is 1. The molecule has 2 saturated heterocycles. The van der Waals surface area contributed by atoms with Gasteiger partial charge in [0.05, 0.1) is 12.6 Å². The highest BCUT2D eigenvalue weighted by atomic mass is 127. The van der Waals surface area contributed by atoms with Gasteiger partial charge in [0.15, 0.2) is 5.96 Å². The molecular weight excluding hydrogens is 427 g/mol. The van der Waals surface area contributed by atoms with Crippen LogP contribution >= 0.6 is 24.0 Å². The third-order valence-corrected chi connectivity index (χ3v) is 6.13. The van der Waals surface area contributed by atoms with Gasteiger partial charge in [0, 0.05) is 25.2 Å². The molecule has 0 aromatic rings. The zero-order chi connectivity index (χ0) is 16.8. The Balaban J connectivity index is 0.00000225. The first kappa shape index (κ1) is 21.2. The Morgan fingerprint density at radius 1 is 1.08 bits per heavy atom. The molecule has 3 fully saturated rings. The van der Waals surface area contributed by atoms with Crippen molar-refractivity contribution in [3.05, 3.63) is 0 Å². The predicted molar refractivity (Wildman–Crippen MR) is 115 cm³/mol. The van der Waals surface area contributed by atoms with Crippen LogP contribution in [0, 0.1) is 0 Å². The highest BCUT2D eigenvalue weighted by Crippen LogP contribution is 2.36. The van der Waals surface area contributed by atoms with Gasteiger partial charge in [0.1, 0.15) is 0 Å². The number of nitrogens with zero attached hydrogens (tertiary/aromatic N) is 3. The van der Waals surface area contributed by atoms with Crippen molar-refractivity contribution >= 4 is 29.9 Å². The molecule has 0 spiro atoms. The second-order valence-electron chi connectivity index (χ2n) is 7.89. The van der Waals surface area contributed by atoms with E-state index in [4.69, 9.17) is 4.99 Å². The van der Waals surface area contributed by atoms with E-state index in [1.54, 1.807) is 0 Å². The summed E-state index contributed by atoms with van der Waals surface area (Å²) in [7, 11) is 0. The van der Waals surface area contributed by atoms with Gasteiger partial charge >= 0.3 is 0 Å². The van der Waals surface area contributed by atoms with Crippen LogP contribution in [-0.4, -0.2) is 71.8 Å². The summed E-state index contributed by atoms with van der Waals surface area (Å²) in [5, 5.41) is 13.3. The van der Waals surface area contributed by atoms with Crippen LogP contribution in [0.3, 0.4) is 0 Å². The fourth-order valence-electron chi connectivity index (χ4n) is 4.73. The summed E-state index contributed by atoms with van der Waals surface area (Å²) in [5.74, 6) is 1.01. The number of hydrogen-bond acceptors (Lipinski definition) is 3. The van der Waals surface area contributed by atoms with Gasteiger partial charge in [-0.05, 0) is 52.1 Å². The lowest BCUT2D eigenvalue weighted by atomic mass is 9.79. The molecule has 0 unspecified atom stereocenters. The number of hydrogen-bond donors (Lipinski definition) is 2. The average Bonchev–Trinajstić information content (AvgIpc) is 3.06. The van der Waals surface area contributed by atoms with E-state index >= 15 is 0 Å². The van der Waals surface area contributed by atoms with Gasteiger partial charge in [-0.25, -0.2) is 0 Å². The van der Waals surface area contributed by atoms with Crippen molar-refractivity contribution in [1.82, 2.24) is 15.1 Å².